The smallest absolute Gasteiger partial charge is 0.304 e. The molecule has 0 spiro atoms. The second-order valence-corrected chi connectivity index (χ2v) is 7.33. The van der Waals surface area contributed by atoms with Gasteiger partial charge in [0.15, 0.2) is 14.8 Å². The molecule has 0 aliphatic rings. The van der Waals surface area contributed by atoms with E-state index in [1.165, 1.54) is 18.3 Å². The van der Waals surface area contributed by atoms with Gasteiger partial charge in [0.2, 0.25) is 0 Å². The molecule has 0 aromatic carbocycles. The van der Waals surface area contributed by atoms with Crippen LogP contribution in [-0.4, -0.2) is 34.1 Å². The summed E-state index contributed by atoms with van der Waals surface area (Å²) < 4.78 is 25.6. The highest BCUT2D eigenvalue weighted by Gasteiger charge is 2.24. The molecule has 2 aromatic heterocycles. The van der Waals surface area contributed by atoms with Gasteiger partial charge in [-0.05, 0) is 6.92 Å². The summed E-state index contributed by atoms with van der Waals surface area (Å²) in [6.07, 6.45) is 3.06. The highest BCUT2D eigenvalue weighted by molar-refractivity contribution is 7.91. The van der Waals surface area contributed by atoms with E-state index in [0.29, 0.717) is 5.69 Å². The molecule has 1 N–H and O–H groups in total. The number of hydrogen-bond donors (Lipinski definition) is 1. The minimum Gasteiger partial charge on any atom is -0.481 e. The van der Waals surface area contributed by atoms with Crippen LogP contribution >= 0.6 is 11.3 Å². The highest BCUT2D eigenvalue weighted by Crippen LogP contribution is 2.16. The molecule has 0 amide bonds. The summed E-state index contributed by atoms with van der Waals surface area (Å²) >= 11 is 1.42. The Morgan fingerprint density at radius 1 is 1.61 bits per heavy atom. The third-order valence-electron chi connectivity index (χ3n) is 2.57. The quantitative estimate of drug-likeness (QED) is 0.892. The fraction of sp³-hybridized carbons (Fsp3) is 0.400. The lowest BCUT2D eigenvalue weighted by Gasteiger charge is -2.08. The maximum atomic E-state index is 11.9. The summed E-state index contributed by atoms with van der Waals surface area (Å²) in [4.78, 5) is 15.4. The van der Waals surface area contributed by atoms with Crippen LogP contribution in [0.5, 0.6) is 0 Å². The van der Waals surface area contributed by atoms with Crippen LogP contribution in [0.3, 0.4) is 0 Å². The van der Waals surface area contributed by atoms with E-state index in [1.54, 1.807) is 16.8 Å². The molecule has 98 valence electrons. The van der Waals surface area contributed by atoms with Crippen molar-refractivity contribution in [2.75, 3.05) is 0 Å². The molecule has 0 radical (unpaired) electrons. The van der Waals surface area contributed by atoms with Crippen LogP contribution in [0.15, 0.2) is 17.8 Å². The monoisotopic (exact) mass is 288 g/mol. The number of carboxylic acids is 1. The first kappa shape index (κ1) is 13.0. The van der Waals surface area contributed by atoms with E-state index < -0.39 is 21.1 Å². The van der Waals surface area contributed by atoms with Crippen molar-refractivity contribution in [1.82, 2.24) is 9.38 Å². The molecule has 2 aromatic rings. The van der Waals surface area contributed by atoms with Gasteiger partial charge >= 0.3 is 5.97 Å². The number of hydrogen-bond acceptors (Lipinski definition) is 5. The Bertz CT molecular complexity index is 642. The first-order chi connectivity index (χ1) is 8.38. The van der Waals surface area contributed by atoms with Crippen molar-refractivity contribution >= 4 is 32.1 Å². The Hall–Kier alpha value is -1.41. The van der Waals surface area contributed by atoms with E-state index in [4.69, 9.17) is 5.11 Å². The van der Waals surface area contributed by atoms with E-state index >= 15 is 0 Å². The second kappa shape index (κ2) is 4.69. The molecule has 0 aliphatic carbocycles. The lowest BCUT2D eigenvalue weighted by molar-refractivity contribution is -0.136. The van der Waals surface area contributed by atoms with Crippen LogP contribution < -0.4 is 0 Å². The number of nitrogens with zero attached hydrogens (tertiary/aromatic N) is 2. The maximum Gasteiger partial charge on any atom is 0.304 e. The molecule has 8 heteroatoms. The predicted molar refractivity (Wildman–Crippen MR) is 67.4 cm³/mol. The zero-order chi connectivity index (χ0) is 13.3. The van der Waals surface area contributed by atoms with Crippen molar-refractivity contribution in [2.24, 2.45) is 0 Å². The third kappa shape index (κ3) is 2.70. The fourth-order valence-corrected chi connectivity index (χ4v) is 3.52. The van der Waals surface area contributed by atoms with Crippen molar-refractivity contribution < 1.29 is 18.3 Å². The van der Waals surface area contributed by atoms with Gasteiger partial charge in [0.1, 0.15) is 0 Å². The molecule has 0 saturated heterocycles. The summed E-state index contributed by atoms with van der Waals surface area (Å²) in [5.74, 6) is -1.34. The van der Waals surface area contributed by atoms with Gasteiger partial charge in [-0.25, -0.2) is 13.4 Å². The zero-order valence-electron chi connectivity index (χ0n) is 9.61. The Balaban J connectivity index is 2.17. The van der Waals surface area contributed by atoms with Crippen molar-refractivity contribution in [3.05, 3.63) is 23.5 Å². The number of sulfone groups is 1. The lowest BCUT2D eigenvalue weighted by Crippen LogP contribution is -2.22. The molecule has 1 unspecified atom stereocenters. The zero-order valence-corrected chi connectivity index (χ0v) is 11.2. The van der Waals surface area contributed by atoms with Gasteiger partial charge in [0, 0.05) is 17.8 Å². The minimum atomic E-state index is -3.49. The summed E-state index contributed by atoms with van der Waals surface area (Å²) in [6, 6.07) is 0. The van der Waals surface area contributed by atoms with Crippen molar-refractivity contribution in [3.8, 4) is 0 Å². The summed E-state index contributed by atoms with van der Waals surface area (Å²) in [5, 5.41) is 9.56. The number of fused-ring (bicyclic) bond motifs is 1. The van der Waals surface area contributed by atoms with Gasteiger partial charge in [-0.1, -0.05) is 0 Å². The molecule has 0 saturated carbocycles. The SMILES string of the molecule is CC(CC(=O)O)S(=O)(=O)Cc1cn2ccsc2n1. The van der Waals surface area contributed by atoms with Crippen LogP contribution in [0.1, 0.15) is 19.0 Å². The summed E-state index contributed by atoms with van der Waals surface area (Å²) in [6.45, 7) is 1.40. The standard InChI is InChI=1S/C10H12N2O4S2/c1-7(4-9(13)14)18(15,16)6-8-5-12-2-3-17-10(12)11-8/h2-3,5,7H,4,6H2,1H3,(H,13,14). The van der Waals surface area contributed by atoms with Crippen molar-refractivity contribution in [1.29, 1.82) is 0 Å². The minimum absolute atomic E-state index is 0.226. The number of carbonyl (C=O) groups is 1. The average Bonchev–Trinajstić information content (AvgIpc) is 2.75. The number of aliphatic carboxylic acids is 1. The van der Waals surface area contributed by atoms with Crippen LogP contribution in [0, 0.1) is 0 Å². The van der Waals surface area contributed by atoms with E-state index in [2.05, 4.69) is 4.98 Å². The summed E-state index contributed by atoms with van der Waals surface area (Å²) in [5.41, 5.74) is 0.444. The van der Waals surface area contributed by atoms with Gasteiger partial charge in [-0.2, -0.15) is 0 Å². The van der Waals surface area contributed by atoms with Crippen LogP contribution in [0.25, 0.3) is 4.96 Å². The van der Waals surface area contributed by atoms with Gasteiger partial charge in [-0.3, -0.25) is 9.20 Å². The number of thiazole rings is 1. The van der Waals surface area contributed by atoms with Crippen molar-refractivity contribution in [3.63, 3.8) is 0 Å². The second-order valence-electron chi connectivity index (χ2n) is 4.04. The van der Waals surface area contributed by atoms with Crippen LogP contribution in [0.4, 0.5) is 0 Å². The topological polar surface area (TPSA) is 88.7 Å². The molecular formula is C10H12N2O4S2. The Morgan fingerprint density at radius 3 is 2.94 bits per heavy atom. The van der Waals surface area contributed by atoms with Gasteiger partial charge < -0.3 is 5.11 Å². The van der Waals surface area contributed by atoms with Crippen LogP contribution in [-0.2, 0) is 20.4 Å². The van der Waals surface area contributed by atoms with Crippen molar-refractivity contribution in [2.45, 2.75) is 24.3 Å². The number of rotatable bonds is 5. The van der Waals surface area contributed by atoms with E-state index in [9.17, 15) is 13.2 Å². The van der Waals surface area contributed by atoms with E-state index in [-0.39, 0.29) is 12.2 Å². The molecule has 0 aliphatic heterocycles. The first-order valence-electron chi connectivity index (χ1n) is 5.23. The molecule has 1 atom stereocenters. The first-order valence-corrected chi connectivity index (χ1v) is 7.82. The molecule has 6 nitrogen and oxygen atoms in total. The molecular weight excluding hydrogens is 276 g/mol. The third-order valence-corrected chi connectivity index (χ3v) is 5.43. The number of carboxylic acid groups (broad SMARTS) is 1. The van der Waals surface area contributed by atoms with Gasteiger partial charge in [-0.15, -0.1) is 11.3 Å². The molecule has 0 bridgehead atoms. The molecule has 0 fully saturated rings. The lowest BCUT2D eigenvalue weighted by atomic mass is 10.3. The van der Waals surface area contributed by atoms with Gasteiger partial charge in [0.05, 0.1) is 23.1 Å². The maximum absolute atomic E-state index is 11.9. The molecule has 2 rings (SSSR count). The normalized spacial score (nSPS) is 13.8. The average molecular weight is 288 g/mol. The largest absolute Gasteiger partial charge is 0.481 e. The number of aromatic nitrogens is 2. The number of imidazole rings is 1. The Kier molecular flexibility index (Phi) is 3.40. The predicted octanol–water partition coefficient (Wildman–Crippen LogP) is 1.17. The van der Waals surface area contributed by atoms with Crippen LogP contribution in [0.2, 0.25) is 0 Å². The Labute approximate surface area is 108 Å². The Morgan fingerprint density at radius 2 is 2.33 bits per heavy atom. The highest BCUT2D eigenvalue weighted by atomic mass is 32.2. The summed E-state index contributed by atoms with van der Waals surface area (Å²) in [7, 11) is -3.49. The molecule has 2 heterocycles. The van der Waals surface area contributed by atoms with E-state index in [1.807, 2.05) is 5.38 Å². The van der Waals surface area contributed by atoms with E-state index in [0.717, 1.165) is 4.96 Å². The van der Waals surface area contributed by atoms with Gasteiger partial charge in [0.25, 0.3) is 0 Å². The fourth-order valence-electron chi connectivity index (χ4n) is 1.57. The molecule has 18 heavy (non-hydrogen) atoms.